The molecule has 2 fully saturated rings. The van der Waals surface area contributed by atoms with E-state index in [1.807, 2.05) is 0 Å². The van der Waals surface area contributed by atoms with Gasteiger partial charge in [-0.3, -0.25) is 4.79 Å². The second-order valence-electron chi connectivity index (χ2n) is 5.61. The highest BCUT2D eigenvalue weighted by atomic mass is 32.2. The molecule has 0 aromatic carbocycles. The monoisotopic (exact) mass is 311 g/mol. The smallest absolute Gasteiger partial charge is 0.345 e. The summed E-state index contributed by atoms with van der Waals surface area (Å²) in [6, 6.07) is -0.153. The van der Waals surface area contributed by atoms with Gasteiger partial charge in [0.25, 0.3) is 0 Å². The Bertz CT molecular complexity index is 468. The molecular weight excluding hydrogens is 292 g/mol. The van der Waals surface area contributed by atoms with Gasteiger partial charge in [0.05, 0.1) is 6.10 Å². The molecule has 0 saturated heterocycles. The number of carbonyl (C=O) groups excluding carboxylic acids is 1. The Morgan fingerprint density at radius 1 is 1.25 bits per heavy atom. The summed E-state index contributed by atoms with van der Waals surface area (Å²) < 4.78 is 50.5. The van der Waals surface area contributed by atoms with E-state index in [1.54, 1.807) is 0 Å². The molecule has 2 aliphatic rings. The molecule has 0 atom stereocenters. The van der Waals surface area contributed by atoms with Crippen molar-refractivity contribution in [3.63, 3.8) is 0 Å². The highest BCUT2D eigenvalue weighted by molar-refractivity contribution is 7.93. The van der Waals surface area contributed by atoms with Crippen molar-refractivity contribution in [2.45, 2.75) is 62.0 Å². The molecule has 8 heteroatoms. The third-order valence-corrected chi connectivity index (χ3v) is 6.15. The number of rotatable bonds is 5. The van der Waals surface area contributed by atoms with Gasteiger partial charge < -0.3 is 10.1 Å². The Hall–Kier alpha value is -0.760. The van der Waals surface area contributed by atoms with Crippen LogP contribution >= 0.6 is 0 Å². The molecule has 0 radical (unpaired) electrons. The summed E-state index contributed by atoms with van der Waals surface area (Å²) in [4.78, 5) is 12.1. The van der Waals surface area contributed by atoms with Crippen molar-refractivity contribution < 1.29 is 26.7 Å². The Kier molecular flexibility index (Phi) is 4.34. The van der Waals surface area contributed by atoms with Crippen molar-refractivity contribution in [3.8, 4) is 0 Å². The van der Waals surface area contributed by atoms with Crippen LogP contribution in [0.5, 0.6) is 0 Å². The summed E-state index contributed by atoms with van der Waals surface area (Å²) >= 11 is 0. The number of sulfone groups is 1. The number of hydrogen-bond donors (Lipinski definition) is 1. The lowest BCUT2D eigenvalue weighted by Crippen LogP contribution is -2.47. The van der Waals surface area contributed by atoms with Gasteiger partial charge in [-0.15, -0.1) is 0 Å². The standard InChI is InChI=1S/C12H19F2NO4S/c1-20(17,18)12(6-7-12)10(16)15-8-2-4-9(5-3-8)19-11(13)14/h8-9,11H,2-7H2,1H3,(H,15,16). The zero-order valence-electron chi connectivity index (χ0n) is 11.3. The molecule has 2 saturated carbocycles. The van der Waals surface area contributed by atoms with Gasteiger partial charge in [-0.25, -0.2) is 8.42 Å². The zero-order valence-corrected chi connectivity index (χ0v) is 12.1. The Morgan fingerprint density at radius 2 is 1.80 bits per heavy atom. The molecule has 0 unspecified atom stereocenters. The predicted octanol–water partition coefficient (Wildman–Crippen LogP) is 1.23. The molecule has 0 aromatic rings. The highest BCUT2D eigenvalue weighted by Crippen LogP contribution is 2.43. The quantitative estimate of drug-likeness (QED) is 0.829. The molecule has 116 valence electrons. The van der Waals surface area contributed by atoms with Crippen molar-refractivity contribution in [2.75, 3.05) is 6.26 Å². The van der Waals surface area contributed by atoms with E-state index in [2.05, 4.69) is 10.1 Å². The second-order valence-corrected chi connectivity index (χ2v) is 7.94. The van der Waals surface area contributed by atoms with Gasteiger partial charge in [-0.1, -0.05) is 0 Å². The van der Waals surface area contributed by atoms with Gasteiger partial charge >= 0.3 is 6.61 Å². The molecule has 20 heavy (non-hydrogen) atoms. The average Bonchev–Trinajstić information content (AvgIpc) is 3.11. The van der Waals surface area contributed by atoms with E-state index in [0.717, 1.165) is 6.26 Å². The fourth-order valence-electron chi connectivity index (χ4n) is 2.69. The maximum Gasteiger partial charge on any atom is 0.345 e. The van der Waals surface area contributed by atoms with Gasteiger partial charge in [0.15, 0.2) is 14.6 Å². The van der Waals surface area contributed by atoms with Crippen molar-refractivity contribution in [2.24, 2.45) is 0 Å². The minimum Gasteiger partial charge on any atom is -0.352 e. The normalized spacial score (nSPS) is 29.2. The molecule has 0 aliphatic heterocycles. The molecule has 1 N–H and O–H groups in total. The number of ether oxygens (including phenoxy) is 1. The van der Waals surface area contributed by atoms with E-state index in [0.29, 0.717) is 38.5 Å². The highest BCUT2D eigenvalue weighted by Gasteiger charge is 2.58. The Morgan fingerprint density at radius 3 is 2.20 bits per heavy atom. The van der Waals surface area contributed by atoms with E-state index in [1.165, 1.54) is 0 Å². The first-order valence-corrected chi connectivity index (χ1v) is 8.58. The molecule has 1 amide bonds. The first kappa shape index (κ1) is 15.6. The maximum atomic E-state index is 12.1. The number of nitrogens with one attached hydrogen (secondary N) is 1. The summed E-state index contributed by atoms with van der Waals surface area (Å²) in [5.41, 5.74) is 0. The molecule has 0 heterocycles. The van der Waals surface area contributed by atoms with Crippen LogP contribution in [0.2, 0.25) is 0 Å². The van der Waals surface area contributed by atoms with Crippen LogP contribution in [0.15, 0.2) is 0 Å². The summed E-state index contributed by atoms with van der Waals surface area (Å²) in [7, 11) is -3.40. The molecule has 0 bridgehead atoms. The predicted molar refractivity (Wildman–Crippen MR) is 68.1 cm³/mol. The molecule has 5 nitrogen and oxygen atoms in total. The number of hydrogen-bond acceptors (Lipinski definition) is 4. The van der Waals surface area contributed by atoms with Gasteiger partial charge in [-0.2, -0.15) is 8.78 Å². The summed E-state index contributed by atoms with van der Waals surface area (Å²) in [5.74, 6) is -0.446. The minimum absolute atomic E-state index is 0.153. The number of carbonyl (C=O) groups is 1. The van der Waals surface area contributed by atoms with Gasteiger partial charge in [-0.05, 0) is 38.5 Å². The van der Waals surface area contributed by atoms with Crippen LogP contribution in [0.1, 0.15) is 38.5 Å². The third kappa shape index (κ3) is 3.28. The van der Waals surface area contributed by atoms with Gasteiger partial charge in [0, 0.05) is 12.3 Å². The average molecular weight is 311 g/mol. The lowest BCUT2D eigenvalue weighted by molar-refractivity contribution is -0.170. The lowest BCUT2D eigenvalue weighted by Gasteiger charge is -2.29. The molecule has 2 aliphatic carbocycles. The largest absolute Gasteiger partial charge is 0.352 e. The van der Waals surface area contributed by atoms with Crippen LogP contribution in [-0.2, 0) is 19.4 Å². The van der Waals surface area contributed by atoms with Crippen molar-refractivity contribution in [1.82, 2.24) is 5.32 Å². The molecular formula is C12H19F2NO4S. The lowest BCUT2D eigenvalue weighted by atomic mass is 9.93. The number of halogens is 2. The minimum atomic E-state index is -3.40. The van der Waals surface area contributed by atoms with Crippen molar-refractivity contribution in [3.05, 3.63) is 0 Å². The van der Waals surface area contributed by atoms with E-state index < -0.39 is 33.2 Å². The zero-order chi connectivity index (χ0) is 15.0. The van der Waals surface area contributed by atoms with Crippen molar-refractivity contribution in [1.29, 1.82) is 0 Å². The maximum absolute atomic E-state index is 12.1. The summed E-state index contributed by atoms with van der Waals surface area (Å²) in [6.07, 6.45) is 3.28. The van der Waals surface area contributed by atoms with Crippen LogP contribution in [-0.4, -0.2) is 44.1 Å². The van der Waals surface area contributed by atoms with Gasteiger partial charge in [0.1, 0.15) is 0 Å². The van der Waals surface area contributed by atoms with Gasteiger partial charge in [0.2, 0.25) is 5.91 Å². The van der Waals surface area contributed by atoms with Crippen LogP contribution in [0.25, 0.3) is 0 Å². The van der Waals surface area contributed by atoms with Crippen LogP contribution < -0.4 is 5.32 Å². The number of alkyl halides is 2. The molecule has 0 aromatic heterocycles. The van der Waals surface area contributed by atoms with E-state index in [4.69, 9.17) is 0 Å². The summed E-state index contributed by atoms with van der Waals surface area (Å²) in [5, 5.41) is 2.74. The fraction of sp³-hybridized carbons (Fsp3) is 0.917. The van der Waals surface area contributed by atoms with E-state index in [-0.39, 0.29) is 6.04 Å². The van der Waals surface area contributed by atoms with Crippen molar-refractivity contribution >= 4 is 15.7 Å². The summed E-state index contributed by atoms with van der Waals surface area (Å²) in [6.45, 7) is -2.77. The van der Waals surface area contributed by atoms with E-state index in [9.17, 15) is 22.0 Å². The fourth-order valence-corrected chi connectivity index (χ4v) is 3.92. The van der Waals surface area contributed by atoms with Crippen LogP contribution in [0, 0.1) is 0 Å². The molecule has 0 spiro atoms. The van der Waals surface area contributed by atoms with E-state index >= 15 is 0 Å². The molecule has 2 rings (SSSR count). The third-order valence-electron chi connectivity index (χ3n) is 4.13. The van der Waals surface area contributed by atoms with Crippen LogP contribution in [0.4, 0.5) is 8.78 Å². The Labute approximate surface area is 117 Å². The second kappa shape index (κ2) is 5.55. The number of amides is 1. The topological polar surface area (TPSA) is 72.5 Å². The first-order chi connectivity index (χ1) is 9.24. The first-order valence-electron chi connectivity index (χ1n) is 6.69. The Balaban J connectivity index is 1.83. The van der Waals surface area contributed by atoms with Crippen LogP contribution in [0.3, 0.4) is 0 Å². The SMILES string of the molecule is CS(=O)(=O)C1(C(=O)NC2CCC(OC(F)F)CC2)CC1.